The molecule has 0 aromatic heterocycles. The molecule has 1 N–H and O–H groups in total. The van der Waals surface area contributed by atoms with Crippen molar-refractivity contribution in [3.05, 3.63) is 34.9 Å². The summed E-state index contributed by atoms with van der Waals surface area (Å²) in [6.07, 6.45) is 0.946. The molecule has 0 aliphatic heterocycles. The maximum atomic E-state index is 11.7. The molecule has 0 radical (unpaired) electrons. The highest BCUT2D eigenvalue weighted by Gasteiger charge is 2.22. The van der Waals surface area contributed by atoms with Gasteiger partial charge < -0.3 is 4.74 Å². The highest BCUT2D eigenvalue weighted by molar-refractivity contribution is 6.30. The fraction of sp³-hybridized carbons (Fsp3) is 0.462. The summed E-state index contributed by atoms with van der Waals surface area (Å²) in [4.78, 5) is 11.7. The smallest absolute Gasteiger partial charge is 0.327 e. The van der Waals surface area contributed by atoms with E-state index in [4.69, 9.17) is 16.3 Å². The first-order valence-electron chi connectivity index (χ1n) is 5.67. The van der Waals surface area contributed by atoms with Gasteiger partial charge in [0, 0.05) is 11.1 Å². The van der Waals surface area contributed by atoms with Gasteiger partial charge in [-0.3, -0.25) is 5.32 Å². The Bertz CT molecular complexity index is 364. The van der Waals surface area contributed by atoms with E-state index >= 15 is 0 Å². The van der Waals surface area contributed by atoms with Crippen molar-refractivity contribution >= 4 is 17.6 Å². The highest BCUT2D eigenvalue weighted by atomic mass is 35.5. The van der Waals surface area contributed by atoms with Crippen LogP contribution < -0.4 is 5.32 Å². The molecule has 0 saturated carbocycles. The van der Waals surface area contributed by atoms with Crippen molar-refractivity contribution < 1.29 is 9.53 Å². The van der Waals surface area contributed by atoms with E-state index in [2.05, 4.69) is 12.2 Å². The molecule has 3 nitrogen and oxygen atoms in total. The topological polar surface area (TPSA) is 38.3 Å². The number of methoxy groups -OCH3 is 1. The van der Waals surface area contributed by atoms with Crippen LogP contribution in [0.3, 0.4) is 0 Å². The number of halogens is 1. The van der Waals surface area contributed by atoms with Gasteiger partial charge in [0.15, 0.2) is 0 Å². The molecule has 0 amide bonds. The van der Waals surface area contributed by atoms with Crippen LogP contribution in [0.15, 0.2) is 24.3 Å². The van der Waals surface area contributed by atoms with Gasteiger partial charge in [0.25, 0.3) is 0 Å². The maximum Gasteiger partial charge on any atom is 0.327 e. The number of hydrogen-bond acceptors (Lipinski definition) is 3. The first kappa shape index (κ1) is 14.0. The molecule has 0 heterocycles. The van der Waals surface area contributed by atoms with Crippen LogP contribution in [-0.4, -0.2) is 19.1 Å². The van der Waals surface area contributed by atoms with Crippen LogP contribution in [0.25, 0.3) is 0 Å². The lowest BCUT2D eigenvalue weighted by Gasteiger charge is -2.20. The third-order valence-electron chi connectivity index (χ3n) is 2.70. The second-order valence-electron chi connectivity index (χ2n) is 3.98. The van der Waals surface area contributed by atoms with Gasteiger partial charge in [-0.1, -0.05) is 30.7 Å². The van der Waals surface area contributed by atoms with Crippen LogP contribution >= 0.6 is 11.6 Å². The number of nitrogens with one attached hydrogen (secondary N) is 1. The van der Waals surface area contributed by atoms with Crippen molar-refractivity contribution in [2.45, 2.75) is 32.4 Å². The van der Waals surface area contributed by atoms with Gasteiger partial charge in [-0.2, -0.15) is 0 Å². The van der Waals surface area contributed by atoms with E-state index in [1.54, 1.807) is 12.1 Å². The molecular weight excluding hydrogens is 238 g/mol. The zero-order valence-electron chi connectivity index (χ0n) is 10.4. The molecule has 4 heteroatoms. The molecule has 17 heavy (non-hydrogen) atoms. The Kier molecular flexibility index (Phi) is 5.45. The van der Waals surface area contributed by atoms with E-state index in [9.17, 15) is 4.79 Å². The molecule has 94 valence electrons. The minimum absolute atomic E-state index is 0.245. The number of esters is 1. The number of ether oxygens (including phenoxy) is 1. The molecule has 0 bridgehead atoms. The molecule has 0 fully saturated rings. The van der Waals surface area contributed by atoms with Crippen LogP contribution in [0.5, 0.6) is 0 Å². The Morgan fingerprint density at radius 3 is 2.47 bits per heavy atom. The van der Waals surface area contributed by atoms with Crippen molar-refractivity contribution in [1.82, 2.24) is 5.32 Å². The lowest BCUT2D eigenvalue weighted by molar-refractivity contribution is -0.143. The van der Waals surface area contributed by atoms with Crippen LogP contribution in [0, 0.1) is 0 Å². The monoisotopic (exact) mass is 255 g/mol. The molecule has 1 rings (SSSR count). The molecule has 0 aliphatic rings. The van der Waals surface area contributed by atoms with Crippen LogP contribution in [0.4, 0.5) is 0 Å². The summed E-state index contributed by atoms with van der Waals surface area (Å²) in [5.74, 6) is -0.285. The zero-order valence-corrected chi connectivity index (χ0v) is 11.1. The molecule has 0 aliphatic carbocycles. The summed E-state index contributed by atoms with van der Waals surface area (Å²) in [6.45, 7) is 4.10. The van der Waals surface area contributed by atoms with Crippen molar-refractivity contribution in [2.24, 2.45) is 0 Å². The van der Waals surface area contributed by atoms with E-state index in [0.29, 0.717) is 5.02 Å². The molecule has 2 atom stereocenters. The first-order valence-corrected chi connectivity index (χ1v) is 6.05. The van der Waals surface area contributed by atoms with Gasteiger partial charge in [-0.05, 0) is 31.0 Å². The van der Waals surface area contributed by atoms with Gasteiger partial charge in [-0.15, -0.1) is 0 Å². The Morgan fingerprint density at radius 2 is 2.00 bits per heavy atom. The summed E-state index contributed by atoms with van der Waals surface area (Å²) in [5.41, 5.74) is 0.863. The van der Waals surface area contributed by atoms with E-state index in [-0.39, 0.29) is 12.0 Å². The molecule has 0 spiro atoms. The maximum absolute atomic E-state index is 11.7. The van der Waals surface area contributed by atoms with Gasteiger partial charge in [0.2, 0.25) is 0 Å². The molecule has 1 aromatic carbocycles. The third kappa shape index (κ3) is 4.02. The van der Waals surface area contributed by atoms with Crippen molar-refractivity contribution in [2.75, 3.05) is 7.11 Å². The second-order valence-corrected chi connectivity index (χ2v) is 4.42. The second kappa shape index (κ2) is 6.62. The zero-order chi connectivity index (χ0) is 12.8. The summed E-state index contributed by atoms with van der Waals surface area (Å²) in [6, 6.07) is 7.01. The standard InChI is InChI=1S/C13H18ClNO2/c1-4-9(2)15-12(13(16)17-3)10-5-7-11(14)8-6-10/h5-9,12,15H,4H2,1-3H3. The van der Waals surface area contributed by atoms with Gasteiger partial charge in [0.05, 0.1) is 7.11 Å². The Balaban J connectivity index is 2.89. The number of hydrogen-bond donors (Lipinski definition) is 1. The predicted octanol–water partition coefficient (Wildman–Crippen LogP) is 2.94. The molecule has 0 saturated heterocycles. The fourth-order valence-electron chi connectivity index (χ4n) is 1.48. The van der Waals surface area contributed by atoms with Crippen molar-refractivity contribution in [3.8, 4) is 0 Å². The van der Waals surface area contributed by atoms with Crippen molar-refractivity contribution in [1.29, 1.82) is 0 Å². The molecule has 2 unspecified atom stereocenters. The Hall–Kier alpha value is -1.06. The van der Waals surface area contributed by atoms with E-state index in [0.717, 1.165) is 12.0 Å². The minimum Gasteiger partial charge on any atom is -0.468 e. The highest BCUT2D eigenvalue weighted by Crippen LogP contribution is 2.18. The SMILES string of the molecule is CCC(C)NC(C(=O)OC)c1ccc(Cl)cc1. The van der Waals surface area contributed by atoms with E-state index in [1.807, 2.05) is 19.1 Å². The largest absolute Gasteiger partial charge is 0.468 e. The van der Waals surface area contributed by atoms with Gasteiger partial charge in [0.1, 0.15) is 6.04 Å². The minimum atomic E-state index is -0.438. The first-order chi connectivity index (χ1) is 8.08. The number of rotatable bonds is 5. The van der Waals surface area contributed by atoms with Crippen LogP contribution in [0.1, 0.15) is 31.9 Å². The fourth-order valence-corrected chi connectivity index (χ4v) is 1.60. The van der Waals surface area contributed by atoms with E-state index in [1.165, 1.54) is 7.11 Å². The van der Waals surface area contributed by atoms with Gasteiger partial charge >= 0.3 is 5.97 Å². The van der Waals surface area contributed by atoms with Crippen molar-refractivity contribution in [3.63, 3.8) is 0 Å². The average molecular weight is 256 g/mol. The van der Waals surface area contributed by atoms with Crippen LogP contribution in [0.2, 0.25) is 5.02 Å². The van der Waals surface area contributed by atoms with E-state index < -0.39 is 6.04 Å². The Morgan fingerprint density at radius 1 is 1.41 bits per heavy atom. The third-order valence-corrected chi connectivity index (χ3v) is 2.96. The normalized spacial score (nSPS) is 14.1. The summed E-state index contributed by atoms with van der Waals surface area (Å²) in [7, 11) is 1.39. The number of carbonyl (C=O) groups is 1. The molecular formula is C13H18ClNO2. The Labute approximate surface area is 107 Å². The lowest BCUT2D eigenvalue weighted by Crippen LogP contribution is -2.35. The van der Waals surface area contributed by atoms with Crippen LogP contribution in [-0.2, 0) is 9.53 Å². The lowest BCUT2D eigenvalue weighted by atomic mass is 10.1. The van der Waals surface area contributed by atoms with Gasteiger partial charge in [-0.25, -0.2) is 4.79 Å². The summed E-state index contributed by atoms with van der Waals surface area (Å²) in [5, 5.41) is 3.89. The summed E-state index contributed by atoms with van der Waals surface area (Å²) < 4.78 is 4.81. The number of benzene rings is 1. The number of carbonyl (C=O) groups excluding carboxylic acids is 1. The quantitative estimate of drug-likeness (QED) is 0.822. The molecule has 1 aromatic rings. The predicted molar refractivity (Wildman–Crippen MR) is 69.1 cm³/mol. The average Bonchev–Trinajstić information content (AvgIpc) is 2.36. The summed E-state index contributed by atoms with van der Waals surface area (Å²) >= 11 is 5.83.